The molecule has 2 rings (SSSR count). The predicted octanol–water partition coefficient (Wildman–Crippen LogP) is 0.592. The van der Waals surface area contributed by atoms with Gasteiger partial charge >= 0.3 is 0 Å². The van der Waals surface area contributed by atoms with E-state index >= 15 is 0 Å². The van der Waals surface area contributed by atoms with Gasteiger partial charge in [-0.15, -0.1) is 0 Å². The van der Waals surface area contributed by atoms with Gasteiger partial charge in [0.2, 0.25) is 0 Å². The van der Waals surface area contributed by atoms with Crippen LogP contribution in [0.25, 0.3) is 0 Å². The number of likely N-dealkylation sites (N-methyl/N-ethyl adjacent to an activating group) is 1. The van der Waals surface area contributed by atoms with Gasteiger partial charge in [0.1, 0.15) is 0 Å². The molecule has 1 N–H and O–H groups in total. The van der Waals surface area contributed by atoms with Crippen LogP contribution in [0.3, 0.4) is 0 Å². The summed E-state index contributed by atoms with van der Waals surface area (Å²) in [6.45, 7) is 7.04. The van der Waals surface area contributed by atoms with E-state index in [-0.39, 0.29) is 5.56 Å². The summed E-state index contributed by atoms with van der Waals surface area (Å²) in [4.78, 5) is 15.0. The topological polar surface area (TPSA) is 46.5 Å². The van der Waals surface area contributed by atoms with E-state index in [4.69, 9.17) is 4.74 Å². The Morgan fingerprint density at radius 1 is 1.45 bits per heavy atom. The van der Waals surface area contributed by atoms with Gasteiger partial charge < -0.3 is 14.6 Å². The zero-order valence-corrected chi connectivity index (χ0v) is 12.7. The summed E-state index contributed by atoms with van der Waals surface area (Å²) in [7, 11) is 3.55. The lowest BCUT2D eigenvalue weighted by Crippen LogP contribution is -2.38. The fraction of sp³-hybridized carbons (Fsp3) is 0.667. The summed E-state index contributed by atoms with van der Waals surface area (Å²) >= 11 is 0. The molecule has 112 valence electrons. The molecule has 5 heteroatoms. The Bertz CT molecular complexity index is 511. The number of pyridine rings is 1. The number of fused-ring (bicyclic) bond motifs is 1. The number of aromatic nitrogens is 1. The van der Waals surface area contributed by atoms with E-state index in [0.29, 0.717) is 19.7 Å². The van der Waals surface area contributed by atoms with Crippen LogP contribution in [0, 0.1) is 0 Å². The minimum absolute atomic E-state index is 0.125. The first-order valence-electron chi connectivity index (χ1n) is 7.31. The molecule has 0 saturated heterocycles. The standard InChI is InChI=1S/C15H25N3O2/c1-4-17-6-5-14-13(11-17)9-12(10-16-2)15(19)18(14)7-8-20-3/h9,16H,4-8,10-11H2,1-3H3. The van der Waals surface area contributed by atoms with E-state index in [1.807, 2.05) is 11.6 Å². The van der Waals surface area contributed by atoms with Crippen molar-refractivity contribution < 1.29 is 4.74 Å². The van der Waals surface area contributed by atoms with Crippen LogP contribution in [0.15, 0.2) is 10.9 Å². The van der Waals surface area contributed by atoms with Crippen molar-refractivity contribution in [3.05, 3.63) is 33.2 Å². The minimum atomic E-state index is 0.125. The first-order chi connectivity index (χ1) is 9.71. The van der Waals surface area contributed by atoms with Gasteiger partial charge in [0.15, 0.2) is 0 Å². The molecule has 0 unspecified atom stereocenters. The number of ether oxygens (including phenoxy) is 1. The molecule has 2 heterocycles. The Kier molecular flexibility index (Phi) is 5.34. The molecule has 1 aromatic rings. The van der Waals surface area contributed by atoms with Crippen molar-refractivity contribution >= 4 is 0 Å². The van der Waals surface area contributed by atoms with E-state index in [1.165, 1.54) is 11.3 Å². The number of methoxy groups -OCH3 is 1. The van der Waals surface area contributed by atoms with Crippen LogP contribution in [-0.4, -0.2) is 43.3 Å². The molecule has 0 saturated carbocycles. The lowest BCUT2D eigenvalue weighted by molar-refractivity contribution is 0.183. The van der Waals surface area contributed by atoms with Gasteiger partial charge in [0.05, 0.1) is 6.61 Å². The summed E-state index contributed by atoms with van der Waals surface area (Å²) in [5.74, 6) is 0. The third-order valence-electron chi connectivity index (χ3n) is 3.96. The SMILES string of the molecule is CCN1CCc2c(cc(CNC)c(=O)n2CCOC)C1. The molecule has 0 bridgehead atoms. The van der Waals surface area contributed by atoms with Crippen molar-refractivity contribution in [3.8, 4) is 0 Å². The fourth-order valence-electron chi connectivity index (χ4n) is 2.85. The highest BCUT2D eigenvalue weighted by Crippen LogP contribution is 2.18. The predicted molar refractivity (Wildman–Crippen MR) is 80.0 cm³/mol. The Morgan fingerprint density at radius 3 is 2.90 bits per heavy atom. The third-order valence-corrected chi connectivity index (χ3v) is 3.96. The Balaban J connectivity index is 2.42. The fourth-order valence-corrected chi connectivity index (χ4v) is 2.85. The van der Waals surface area contributed by atoms with Gasteiger partial charge in [-0.05, 0) is 25.2 Å². The van der Waals surface area contributed by atoms with E-state index in [1.54, 1.807) is 7.11 Å². The highest BCUT2D eigenvalue weighted by atomic mass is 16.5. The summed E-state index contributed by atoms with van der Waals surface area (Å²) < 4.78 is 7.06. The molecule has 0 aliphatic carbocycles. The molecular weight excluding hydrogens is 254 g/mol. The highest BCUT2D eigenvalue weighted by molar-refractivity contribution is 5.29. The van der Waals surface area contributed by atoms with E-state index in [9.17, 15) is 4.79 Å². The quantitative estimate of drug-likeness (QED) is 0.828. The molecule has 0 fully saturated rings. The van der Waals surface area contributed by atoms with Crippen molar-refractivity contribution in [1.29, 1.82) is 0 Å². The van der Waals surface area contributed by atoms with Gasteiger partial charge in [-0.1, -0.05) is 6.92 Å². The van der Waals surface area contributed by atoms with Crippen molar-refractivity contribution in [2.24, 2.45) is 0 Å². The van der Waals surface area contributed by atoms with Crippen LogP contribution in [0.1, 0.15) is 23.7 Å². The Hall–Kier alpha value is -1.17. The number of hydrogen-bond acceptors (Lipinski definition) is 4. The minimum Gasteiger partial charge on any atom is -0.383 e. The second-order valence-electron chi connectivity index (χ2n) is 5.24. The van der Waals surface area contributed by atoms with E-state index < -0.39 is 0 Å². The zero-order chi connectivity index (χ0) is 14.5. The van der Waals surface area contributed by atoms with Gasteiger partial charge in [-0.3, -0.25) is 9.69 Å². The smallest absolute Gasteiger partial charge is 0.255 e. The summed E-state index contributed by atoms with van der Waals surface area (Å²) in [6, 6.07) is 2.08. The monoisotopic (exact) mass is 279 g/mol. The Labute approximate surface area is 120 Å². The lowest BCUT2D eigenvalue weighted by atomic mass is 10.0. The summed E-state index contributed by atoms with van der Waals surface area (Å²) in [5.41, 5.74) is 3.45. The van der Waals surface area contributed by atoms with E-state index in [0.717, 1.165) is 31.6 Å². The maximum Gasteiger partial charge on any atom is 0.255 e. The second-order valence-corrected chi connectivity index (χ2v) is 5.24. The average molecular weight is 279 g/mol. The Morgan fingerprint density at radius 2 is 2.25 bits per heavy atom. The molecule has 0 aromatic carbocycles. The van der Waals surface area contributed by atoms with Gasteiger partial charge in [-0.25, -0.2) is 0 Å². The van der Waals surface area contributed by atoms with Crippen LogP contribution >= 0.6 is 0 Å². The molecule has 1 aliphatic heterocycles. The van der Waals surface area contributed by atoms with Crippen LogP contribution in [-0.2, 0) is 30.8 Å². The molecular formula is C15H25N3O2. The molecule has 1 aromatic heterocycles. The van der Waals surface area contributed by atoms with Crippen LogP contribution < -0.4 is 10.9 Å². The molecule has 5 nitrogen and oxygen atoms in total. The molecule has 0 spiro atoms. The van der Waals surface area contributed by atoms with Gasteiger partial charge in [-0.2, -0.15) is 0 Å². The van der Waals surface area contributed by atoms with Crippen molar-refractivity contribution in [2.75, 3.05) is 33.9 Å². The van der Waals surface area contributed by atoms with Crippen LogP contribution in [0.5, 0.6) is 0 Å². The zero-order valence-electron chi connectivity index (χ0n) is 12.7. The average Bonchev–Trinajstić information content (AvgIpc) is 2.47. The maximum absolute atomic E-state index is 12.5. The molecule has 0 amide bonds. The molecule has 0 radical (unpaired) electrons. The molecule has 20 heavy (non-hydrogen) atoms. The van der Waals surface area contributed by atoms with Crippen LogP contribution in [0.2, 0.25) is 0 Å². The normalized spacial score (nSPS) is 15.3. The summed E-state index contributed by atoms with van der Waals surface area (Å²) in [5, 5.41) is 3.08. The number of nitrogens with one attached hydrogen (secondary N) is 1. The summed E-state index contributed by atoms with van der Waals surface area (Å²) in [6.07, 6.45) is 0.946. The largest absolute Gasteiger partial charge is 0.383 e. The molecule has 0 atom stereocenters. The third kappa shape index (κ3) is 3.11. The number of hydrogen-bond donors (Lipinski definition) is 1. The first-order valence-corrected chi connectivity index (χ1v) is 7.31. The first kappa shape index (κ1) is 15.2. The second kappa shape index (κ2) is 7.02. The molecule has 1 aliphatic rings. The number of nitrogens with zero attached hydrogens (tertiary/aromatic N) is 2. The van der Waals surface area contributed by atoms with Crippen molar-refractivity contribution in [1.82, 2.24) is 14.8 Å². The number of rotatable bonds is 6. The maximum atomic E-state index is 12.5. The van der Waals surface area contributed by atoms with Gasteiger partial charge in [0, 0.05) is 51.0 Å². The highest BCUT2D eigenvalue weighted by Gasteiger charge is 2.20. The van der Waals surface area contributed by atoms with Crippen molar-refractivity contribution in [3.63, 3.8) is 0 Å². The van der Waals surface area contributed by atoms with Crippen LogP contribution in [0.4, 0.5) is 0 Å². The van der Waals surface area contributed by atoms with Gasteiger partial charge in [0.25, 0.3) is 5.56 Å². The lowest BCUT2D eigenvalue weighted by Gasteiger charge is -2.30. The van der Waals surface area contributed by atoms with Crippen molar-refractivity contribution in [2.45, 2.75) is 33.0 Å². The van der Waals surface area contributed by atoms with E-state index in [2.05, 4.69) is 23.2 Å².